The van der Waals surface area contributed by atoms with Crippen molar-refractivity contribution in [3.63, 3.8) is 0 Å². The molecule has 0 aromatic heterocycles. The summed E-state index contributed by atoms with van der Waals surface area (Å²) in [6, 6.07) is 1.89. The van der Waals surface area contributed by atoms with E-state index in [0.29, 0.717) is 0 Å². The molecule has 1 nitrogen and oxygen atoms in total. The Balaban J connectivity index is 1.91. The van der Waals surface area contributed by atoms with Gasteiger partial charge in [-0.2, -0.15) is 0 Å². The largest absolute Gasteiger partial charge is 0.297 e. The van der Waals surface area contributed by atoms with Crippen LogP contribution in [0, 0.1) is 5.92 Å². The van der Waals surface area contributed by atoms with Gasteiger partial charge in [0.2, 0.25) is 0 Å². The van der Waals surface area contributed by atoms with Gasteiger partial charge in [-0.3, -0.25) is 4.90 Å². The van der Waals surface area contributed by atoms with Crippen LogP contribution in [-0.4, -0.2) is 23.5 Å². The van der Waals surface area contributed by atoms with Gasteiger partial charge in [0.05, 0.1) is 0 Å². The zero-order chi connectivity index (χ0) is 10.7. The van der Waals surface area contributed by atoms with Crippen LogP contribution >= 0.6 is 0 Å². The Hall–Kier alpha value is -0.0400. The molecule has 1 heteroatoms. The zero-order valence-electron chi connectivity index (χ0n) is 10.5. The molecule has 0 bridgehead atoms. The molecule has 0 spiro atoms. The highest BCUT2D eigenvalue weighted by Crippen LogP contribution is 2.41. The van der Waals surface area contributed by atoms with E-state index in [2.05, 4.69) is 18.7 Å². The van der Waals surface area contributed by atoms with Crippen molar-refractivity contribution in [2.45, 2.75) is 77.3 Å². The van der Waals surface area contributed by atoms with E-state index < -0.39 is 0 Å². The average Bonchev–Trinajstić information content (AvgIpc) is 2.96. The lowest BCUT2D eigenvalue weighted by atomic mass is 10.0. The van der Waals surface area contributed by atoms with E-state index in [0.717, 1.165) is 18.0 Å². The van der Waals surface area contributed by atoms with Gasteiger partial charge in [0, 0.05) is 12.1 Å². The molecule has 1 unspecified atom stereocenters. The predicted octanol–water partition coefficient (Wildman–Crippen LogP) is 3.83. The molecule has 0 radical (unpaired) electrons. The number of rotatable bonds is 6. The molecule has 0 N–H and O–H groups in total. The van der Waals surface area contributed by atoms with Gasteiger partial charge in [-0.25, -0.2) is 0 Å². The molecular formula is C14H27N. The lowest BCUT2D eigenvalue weighted by Crippen LogP contribution is -2.40. The van der Waals surface area contributed by atoms with E-state index in [9.17, 15) is 0 Å². The quantitative estimate of drug-likeness (QED) is 0.642. The van der Waals surface area contributed by atoms with Crippen molar-refractivity contribution in [3.05, 3.63) is 0 Å². The number of hydrogen-bond donors (Lipinski definition) is 0. The van der Waals surface area contributed by atoms with Crippen molar-refractivity contribution in [1.29, 1.82) is 0 Å². The molecule has 1 aliphatic carbocycles. The summed E-state index contributed by atoms with van der Waals surface area (Å²) in [7, 11) is 0. The van der Waals surface area contributed by atoms with Crippen molar-refractivity contribution >= 4 is 0 Å². The monoisotopic (exact) mass is 209 g/mol. The Morgan fingerprint density at radius 3 is 2.27 bits per heavy atom. The number of hydrogen-bond acceptors (Lipinski definition) is 1. The van der Waals surface area contributed by atoms with Crippen molar-refractivity contribution in [2.75, 3.05) is 6.54 Å². The summed E-state index contributed by atoms with van der Waals surface area (Å²) >= 11 is 0. The molecule has 2 rings (SSSR count). The molecule has 1 saturated heterocycles. The van der Waals surface area contributed by atoms with Crippen LogP contribution in [0.15, 0.2) is 0 Å². The first-order valence-electron chi connectivity index (χ1n) is 7.12. The number of likely N-dealkylation sites (tertiary alicyclic amines) is 1. The molecule has 0 aromatic carbocycles. The minimum absolute atomic E-state index is 0.910. The van der Waals surface area contributed by atoms with Gasteiger partial charge in [-0.1, -0.05) is 26.7 Å². The van der Waals surface area contributed by atoms with E-state index in [-0.39, 0.29) is 0 Å². The van der Waals surface area contributed by atoms with Gasteiger partial charge in [-0.05, 0) is 51.0 Å². The van der Waals surface area contributed by atoms with E-state index >= 15 is 0 Å². The van der Waals surface area contributed by atoms with E-state index in [4.69, 9.17) is 0 Å². The van der Waals surface area contributed by atoms with Crippen LogP contribution < -0.4 is 0 Å². The maximum Gasteiger partial charge on any atom is 0.0127 e. The molecule has 1 aliphatic heterocycles. The summed E-state index contributed by atoms with van der Waals surface area (Å²) in [5.41, 5.74) is 0. The highest BCUT2D eigenvalue weighted by Gasteiger charge is 2.39. The Kier molecular flexibility index (Phi) is 4.07. The van der Waals surface area contributed by atoms with Gasteiger partial charge in [0.15, 0.2) is 0 Å². The molecule has 1 heterocycles. The molecule has 1 saturated carbocycles. The third-order valence-electron chi connectivity index (χ3n) is 4.22. The first-order chi connectivity index (χ1) is 7.36. The zero-order valence-corrected chi connectivity index (χ0v) is 10.5. The summed E-state index contributed by atoms with van der Waals surface area (Å²) in [6.07, 6.45) is 11.6. The molecule has 0 aromatic rings. The fourth-order valence-electron chi connectivity index (χ4n) is 3.40. The van der Waals surface area contributed by atoms with E-state index in [1.54, 1.807) is 0 Å². The first kappa shape index (κ1) is 11.4. The molecule has 1 atom stereocenters. The lowest BCUT2D eigenvalue weighted by Gasteiger charge is -2.33. The number of nitrogens with zero attached hydrogens (tertiary/aromatic N) is 1. The molecule has 2 fully saturated rings. The first-order valence-corrected chi connectivity index (χ1v) is 7.12. The Bertz CT molecular complexity index is 180. The highest BCUT2D eigenvalue weighted by atomic mass is 15.2. The van der Waals surface area contributed by atoms with Gasteiger partial charge in [0.1, 0.15) is 0 Å². The summed E-state index contributed by atoms with van der Waals surface area (Å²) in [6.45, 7) is 6.07. The minimum atomic E-state index is 0.910. The van der Waals surface area contributed by atoms with Crippen LogP contribution in [0.3, 0.4) is 0 Å². The van der Waals surface area contributed by atoms with Crippen LogP contribution in [0.1, 0.15) is 65.2 Å². The van der Waals surface area contributed by atoms with Crippen molar-refractivity contribution in [2.24, 2.45) is 5.92 Å². The maximum absolute atomic E-state index is 2.88. The standard InChI is InChI=1S/C14H27N/c1-3-6-13(7-4-2)15-11-5-8-14(15)12-9-10-12/h12-14H,3-11H2,1-2H3. The van der Waals surface area contributed by atoms with Crippen LogP contribution in [0.5, 0.6) is 0 Å². The molecule has 0 amide bonds. The lowest BCUT2D eigenvalue weighted by molar-refractivity contribution is 0.146. The van der Waals surface area contributed by atoms with Gasteiger partial charge >= 0.3 is 0 Å². The second-order valence-electron chi connectivity index (χ2n) is 5.52. The Morgan fingerprint density at radius 1 is 1.07 bits per heavy atom. The van der Waals surface area contributed by atoms with Crippen molar-refractivity contribution < 1.29 is 0 Å². The maximum atomic E-state index is 2.88. The van der Waals surface area contributed by atoms with Crippen molar-refractivity contribution in [1.82, 2.24) is 4.90 Å². The van der Waals surface area contributed by atoms with Gasteiger partial charge in [-0.15, -0.1) is 0 Å². The fourth-order valence-corrected chi connectivity index (χ4v) is 3.40. The smallest absolute Gasteiger partial charge is 0.0127 e. The Labute approximate surface area is 95.2 Å². The van der Waals surface area contributed by atoms with Crippen LogP contribution in [-0.2, 0) is 0 Å². The predicted molar refractivity (Wildman–Crippen MR) is 66.1 cm³/mol. The minimum Gasteiger partial charge on any atom is -0.297 e. The summed E-state index contributed by atoms with van der Waals surface area (Å²) in [5.74, 6) is 1.09. The van der Waals surface area contributed by atoms with E-state index in [1.807, 2.05) is 0 Å². The molecule has 2 aliphatic rings. The Morgan fingerprint density at radius 2 is 1.73 bits per heavy atom. The summed E-state index contributed by atoms with van der Waals surface area (Å²) < 4.78 is 0. The van der Waals surface area contributed by atoms with Gasteiger partial charge < -0.3 is 0 Å². The van der Waals surface area contributed by atoms with Gasteiger partial charge in [0.25, 0.3) is 0 Å². The third-order valence-corrected chi connectivity index (χ3v) is 4.22. The molecule has 88 valence electrons. The summed E-state index contributed by atoms with van der Waals surface area (Å²) in [4.78, 5) is 2.88. The van der Waals surface area contributed by atoms with Crippen LogP contribution in [0.4, 0.5) is 0 Å². The second-order valence-corrected chi connectivity index (χ2v) is 5.52. The third kappa shape index (κ3) is 2.75. The van der Waals surface area contributed by atoms with E-state index in [1.165, 1.54) is 57.9 Å². The second kappa shape index (κ2) is 5.34. The van der Waals surface area contributed by atoms with Crippen molar-refractivity contribution in [3.8, 4) is 0 Å². The summed E-state index contributed by atoms with van der Waals surface area (Å²) in [5, 5.41) is 0. The van der Waals surface area contributed by atoms with Crippen LogP contribution in [0.25, 0.3) is 0 Å². The molecule has 15 heavy (non-hydrogen) atoms. The van der Waals surface area contributed by atoms with Crippen LogP contribution in [0.2, 0.25) is 0 Å². The topological polar surface area (TPSA) is 3.24 Å². The highest BCUT2D eigenvalue weighted by molar-refractivity contribution is 4.94. The SMILES string of the molecule is CCCC(CCC)N1CCCC1C1CC1. The molecular weight excluding hydrogens is 182 g/mol. The normalized spacial score (nSPS) is 27.8. The fraction of sp³-hybridized carbons (Fsp3) is 1.00. The average molecular weight is 209 g/mol.